The van der Waals surface area contributed by atoms with Gasteiger partial charge in [-0.3, -0.25) is 9.59 Å². The first-order valence-electron chi connectivity index (χ1n) is 29.1. The lowest BCUT2D eigenvalue weighted by molar-refractivity contribution is -0.152. The van der Waals surface area contributed by atoms with Gasteiger partial charge in [0.25, 0.3) is 0 Å². The molecule has 0 aromatic carbocycles. The van der Waals surface area contributed by atoms with Crippen molar-refractivity contribution in [2.24, 2.45) is 92.7 Å². The van der Waals surface area contributed by atoms with Gasteiger partial charge >= 0.3 is 5.97 Å². The molecule has 0 bridgehead atoms. The summed E-state index contributed by atoms with van der Waals surface area (Å²) >= 11 is 0. The third-order valence-corrected chi connectivity index (χ3v) is 22.2. The van der Waals surface area contributed by atoms with Gasteiger partial charge in [-0.1, -0.05) is 153 Å². The largest absolute Gasteiger partial charge is 0.462 e. The molecule has 0 aromatic heterocycles. The second kappa shape index (κ2) is 24.1. The van der Waals surface area contributed by atoms with E-state index in [1.165, 1.54) is 122 Å². The molecular weight excluding hydrogens is 833 g/mol. The summed E-state index contributed by atoms with van der Waals surface area (Å²) in [6, 6.07) is 0. The molecule has 6 fully saturated rings. The van der Waals surface area contributed by atoms with Crippen LogP contribution in [0.1, 0.15) is 258 Å². The van der Waals surface area contributed by atoms with Crippen LogP contribution in [0.15, 0.2) is 23.3 Å². The van der Waals surface area contributed by atoms with Crippen molar-refractivity contribution in [3.05, 3.63) is 23.3 Å². The number of carbonyl (C=O) groups is 2. The van der Waals surface area contributed by atoms with Crippen LogP contribution in [0.2, 0.25) is 0 Å². The molecule has 0 saturated heterocycles. The van der Waals surface area contributed by atoms with E-state index < -0.39 is 0 Å². The van der Waals surface area contributed by atoms with E-state index in [1.54, 1.807) is 11.1 Å². The molecule has 0 aliphatic heterocycles. The van der Waals surface area contributed by atoms with E-state index in [0.717, 1.165) is 96.9 Å². The smallest absolute Gasteiger partial charge is 0.306 e. The number of ether oxygens (including phenoxy) is 2. The molecule has 8 aliphatic rings. The highest BCUT2D eigenvalue weighted by molar-refractivity contribution is 5.82. The summed E-state index contributed by atoms with van der Waals surface area (Å²) in [6.07, 6.45) is 36.5. The number of fused-ring (bicyclic) bond motifs is 10. The van der Waals surface area contributed by atoms with Crippen LogP contribution in [-0.2, 0) is 19.1 Å². The molecule has 8 aliphatic carbocycles. The molecule has 0 heterocycles. The third-order valence-electron chi connectivity index (χ3n) is 22.2. The fourth-order valence-electron chi connectivity index (χ4n) is 18.4. The maximum Gasteiger partial charge on any atom is 0.306 e. The number of hydrogen-bond acceptors (Lipinski definition) is 4. The average molecular weight is 946 g/mol. The van der Waals surface area contributed by atoms with Gasteiger partial charge in [0, 0.05) is 25.9 Å². The van der Waals surface area contributed by atoms with Gasteiger partial charge in [-0.05, 0) is 196 Å². The Labute approximate surface area is 422 Å². The Balaban J connectivity index is 0.000000250. The Morgan fingerprint density at radius 2 is 1.03 bits per heavy atom. The Hall–Kier alpha value is -1.42. The molecule has 4 nitrogen and oxygen atoms in total. The van der Waals surface area contributed by atoms with Gasteiger partial charge in [0.2, 0.25) is 0 Å². The van der Waals surface area contributed by atoms with Crippen molar-refractivity contribution in [2.75, 3.05) is 6.61 Å². The highest BCUT2D eigenvalue weighted by atomic mass is 16.5. The molecule has 0 amide bonds. The van der Waals surface area contributed by atoms with Crippen LogP contribution in [-0.4, -0.2) is 30.6 Å². The third kappa shape index (κ3) is 11.8. The fourth-order valence-corrected chi connectivity index (χ4v) is 18.4. The quantitative estimate of drug-likeness (QED) is 0.108. The molecular formula is C64H112O4. The van der Waals surface area contributed by atoms with Gasteiger partial charge in [-0.25, -0.2) is 0 Å². The van der Waals surface area contributed by atoms with Gasteiger partial charge in [-0.15, -0.1) is 0 Å². The highest BCUT2D eigenvalue weighted by Crippen LogP contribution is 2.69. The number of carbonyl (C=O) groups excluding carboxylic acids is 2. The van der Waals surface area contributed by atoms with E-state index in [9.17, 15) is 9.59 Å². The van der Waals surface area contributed by atoms with Crippen molar-refractivity contribution in [1.29, 1.82) is 0 Å². The molecule has 0 radical (unpaired) electrons. The minimum absolute atomic E-state index is 0. The summed E-state index contributed by atoms with van der Waals surface area (Å²) in [7, 11) is 0. The normalized spacial score (nSPS) is 39.9. The first-order valence-corrected chi connectivity index (χ1v) is 29.1. The van der Waals surface area contributed by atoms with Crippen LogP contribution in [0, 0.1) is 92.7 Å². The lowest BCUT2D eigenvalue weighted by atomic mass is 9.47. The fraction of sp³-hybridized carbons (Fsp3) is 0.906. The first-order chi connectivity index (χ1) is 31.4. The molecule has 392 valence electrons. The van der Waals surface area contributed by atoms with Crippen LogP contribution in [0.5, 0.6) is 0 Å². The van der Waals surface area contributed by atoms with E-state index in [1.807, 2.05) is 6.92 Å². The molecule has 68 heavy (non-hydrogen) atoms. The summed E-state index contributed by atoms with van der Waals surface area (Å²) in [6.45, 7) is 30.1. The standard InChI is InChI=1S/C33H54O3.C29H50O.2CH4/c1-7-25(34)12-16-31(35)36-26-17-19-32(5)24(21-26)11-13-27-29-15-14-28(23(4)10-8-9-22(2)3)33(29,6)20-18-30(27)32;1-7-30-23-15-17-28(5)22(19-23)11-12-24-26-14-13-25(21(4)10-8-9-20(2)3)29(26,6)18-16-27(24)28;;/h11,22-23,26-30H,7-10,12-21H2,1-6H3;11,20-21,23-27H,7-10,12-19H2,1-6H3;2*1H4/t23-,26-,27-,28-,29+,30+,32-,33+;21-,23-,24-,25-,26+,27+,28-,29+;;/m00../s1. The molecule has 0 aromatic rings. The SMILES string of the molecule is C.C.CCC(=O)CCC(=O)O[C@H]1CC[C@@]2(C)C(=CC[C@H]3[C@H]4CC[C@@H]([C@@H](C)CCCC(C)C)[C@@]4(C)CC[C@H]32)C1.CCO[C@H]1CC[C@@]2(C)C(=CC[C@H]3[C@H]4CC[C@@H]([C@@H](C)CCCC(C)C)[C@@]4(C)CC[C@H]32)C1. The van der Waals surface area contributed by atoms with E-state index in [0.29, 0.717) is 35.2 Å². The molecule has 8 rings (SSSR count). The monoisotopic (exact) mass is 945 g/mol. The Morgan fingerprint density at radius 3 is 1.47 bits per heavy atom. The topological polar surface area (TPSA) is 52.6 Å². The summed E-state index contributed by atoms with van der Waals surface area (Å²) in [5.41, 5.74) is 5.24. The molecule has 0 spiro atoms. The van der Waals surface area contributed by atoms with Crippen molar-refractivity contribution in [2.45, 2.75) is 271 Å². The lowest BCUT2D eigenvalue weighted by Crippen LogP contribution is -2.51. The minimum Gasteiger partial charge on any atom is -0.462 e. The number of Topliss-reactive ketones (excluding diaryl/α,β-unsaturated/α-hetero) is 1. The molecule has 6 saturated carbocycles. The average Bonchev–Trinajstić information content (AvgIpc) is 3.82. The number of hydrogen-bond donors (Lipinski definition) is 0. The molecule has 0 unspecified atom stereocenters. The van der Waals surface area contributed by atoms with Crippen LogP contribution in [0.4, 0.5) is 0 Å². The summed E-state index contributed by atoms with van der Waals surface area (Å²) < 4.78 is 11.9. The summed E-state index contributed by atoms with van der Waals surface area (Å²) in [5.74, 6) is 10.7. The highest BCUT2D eigenvalue weighted by Gasteiger charge is 2.61. The van der Waals surface area contributed by atoms with Crippen molar-refractivity contribution < 1.29 is 19.1 Å². The lowest BCUT2D eigenvalue weighted by Gasteiger charge is -2.58. The van der Waals surface area contributed by atoms with Gasteiger partial charge in [0.05, 0.1) is 12.5 Å². The Kier molecular flexibility index (Phi) is 20.4. The Morgan fingerprint density at radius 1 is 0.574 bits per heavy atom. The van der Waals surface area contributed by atoms with E-state index in [2.05, 4.69) is 88.3 Å². The molecule has 4 heteroatoms. The maximum absolute atomic E-state index is 12.4. The van der Waals surface area contributed by atoms with Crippen molar-refractivity contribution in [3.63, 3.8) is 0 Å². The van der Waals surface area contributed by atoms with Gasteiger partial charge in [-0.2, -0.15) is 0 Å². The number of allylic oxidation sites excluding steroid dienone is 2. The first kappa shape index (κ1) is 57.5. The zero-order valence-corrected chi connectivity index (χ0v) is 45.3. The summed E-state index contributed by atoms with van der Waals surface area (Å²) in [5, 5.41) is 0. The second-order valence-electron chi connectivity index (χ2n) is 26.6. The van der Waals surface area contributed by atoms with Crippen molar-refractivity contribution in [1.82, 2.24) is 0 Å². The number of rotatable bonds is 17. The van der Waals surface area contributed by atoms with Crippen LogP contribution in [0.25, 0.3) is 0 Å². The Bertz CT molecular complexity index is 1690. The maximum atomic E-state index is 12.4. The summed E-state index contributed by atoms with van der Waals surface area (Å²) in [4.78, 5) is 23.9. The van der Waals surface area contributed by atoms with Crippen molar-refractivity contribution in [3.8, 4) is 0 Å². The zero-order valence-electron chi connectivity index (χ0n) is 45.3. The number of esters is 1. The van der Waals surface area contributed by atoms with Gasteiger partial charge < -0.3 is 9.47 Å². The van der Waals surface area contributed by atoms with Crippen LogP contribution in [0.3, 0.4) is 0 Å². The van der Waals surface area contributed by atoms with Crippen LogP contribution < -0.4 is 0 Å². The molecule has 16 atom stereocenters. The van der Waals surface area contributed by atoms with Gasteiger partial charge in [0.1, 0.15) is 11.9 Å². The zero-order chi connectivity index (χ0) is 47.6. The van der Waals surface area contributed by atoms with Gasteiger partial charge in [0.15, 0.2) is 0 Å². The van der Waals surface area contributed by atoms with E-state index in [-0.39, 0.29) is 44.5 Å². The molecule has 0 N–H and O–H groups in total. The van der Waals surface area contributed by atoms with Crippen LogP contribution >= 0.6 is 0 Å². The number of ketones is 1. The van der Waals surface area contributed by atoms with Crippen molar-refractivity contribution >= 4 is 11.8 Å². The predicted molar refractivity (Wildman–Crippen MR) is 289 cm³/mol. The van der Waals surface area contributed by atoms with E-state index >= 15 is 0 Å². The van der Waals surface area contributed by atoms with E-state index in [4.69, 9.17) is 9.47 Å². The second-order valence-corrected chi connectivity index (χ2v) is 26.6. The minimum atomic E-state index is -0.187. The predicted octanol–water partition coefficient (Wildman–Crippen LogP) is 18.4.